The summed E-state index contributed by atoms with van der Waals surface area (Å²) in [5, 5.41) is 28.1. The van der Waals surface area contributed by atoms with Crippen LogP contribution in [-0.2, 0) is 0 Å². The molecule has 3 aromatic rings. The van der Waals surface area contributed by atoms with E-state index < -0.39 is 9.85 Å². The molecule has 0 unspecified atom stereocenters. The van der Waals surface area contributed by atoms with Crippen molar-refractivity contribution in [1.29, 1.82) is 0 Å². The minimum atomic E-state index is -0.624. The molecule has 0 aliphatic rings. The largest absolute Gasteiger partial charge is 0.353 e. The topological polar surface area (TPSA) is 136 Å². The molecular formula is C16H11BrN6O4. The molecule has 0 aliphatic heterocycles. The first kappa shape index (κ1) is 18.2. The second-order valence-electron chi connectivity index (χ2n) is 5.24. The Morgan fingerprint density at radius 3 is 2.07 bits per heavy atom. The van der Waals surface area contributed by atoms with Gasteiger partial charge in [-0.15, -0.1) is 0 Å². The zero-order chi connectivity index (χ0) is 19.4. The molecule has 1 aromatic heterocycles. The molecule has 0 bridgehead atoms. The van der Waals surface area contributed by atoms with Crippen LogP contribution in [0.15, 0.2) is 59.3 Å². The van der Waals surface area contributed by atoms with Crippen LogP contribution in [0.25, 0.3) is 0 Å². The van der Waals surface area contributed by atoms with Crippen LogP contribution in [0.4, 0.5) is 34.4 Å². The molecule has 0 saturated heterocycles. The lowest BCUT2D eigenvalue weighted by Crippen LogP contribution is -2.05. The van der Waals surface area contributed by atoms with Crippen molar-refractivity contribution in [2.75, 3.05) is 10.6 Å². The van der Waals surface area contributed by atoms with Crippen molar-refractivity contribution >= 4 is 50.3 Å². The Hall–Kier alpha value is -3.60. The molecule has 2 aromatic carbocycles. The molecule has 136 valence electrons. The fourth-order valence-corrected chi connectivity index (χ4v) is 2.50. The third kappa shape index (κ3) is 4.33. The number of halogens is 1. The highest BCUT2D eigenvalue weighted by Gasteiger charge is 2.23. The lowest BCUT2D eigenvalue weighted by molar-refractivity contribution is -0.384. The van der Waals surface area contributed by atoms with E-state index in [9.17, 15) is 20.2 Å². The number of hydrogen-bond donors (Lipinski definition) is 2. The SMILES string of the molecule is O=[N+]([O-])c1cccc(Nc2ncnc(Nc3ccc(Br)cc3)c2[N+](=O)[O-])c1. The fraction of sp³-hybridized carbons (Fsp3) is 0. The van der Waals surface area contributed by atoms with Crippen LogP contribution in [0, 0.1) is 20.2 Å². The average Bonchev–Trinajstić information content (AvgIpc) is 2.64. The van der Waals surface area contributed by atoms with Crippen LogP contribution in [0.3, 0.4) is 0 Å². The van der Waals surface area contributed by atoms with Gasteiger partial charge in [0.2, 0.25) is 11.6 Å². The molecule has 1 heterocycles. The maximum Gasteiger partial charge on any atom is 0.353 e. The van der Waals surface area contributed by atoms with Crippen LogP contribution >= 0.6 is 15.9 Å². The summed E-state index contributed by atoms with van der Waals surface area (Å²) in [6, 6.07) is 12.6. The molecule has 27 heavy (non-hydrogen) atoms. The van der Waals surface area contributed by atoms with Gasteiger partial charge in [0.25, 0.3) is 5.69 Å². The monoisotopic (exact) mass is 430 g/mol. The number of nitro groups is 2. The van der Waals surface area contributed by atoms with Gasteiger partial charge >= 0.3 is 5.69 Å². The minimum absolute atomic E-state index is 0.00902. The highest BCUT2D eigenvalue weighted by Crippen LogP contribution is 2.33. The number of hydrogen-bond acceptors (Lipinski definition) is 8. The lowest BCUT2D eigenvalue weighted by Gasteiger charge is -2.10. The van der Waals surface area contributed by atoms with E-state index in [-0.39, 0.29) is 23.0 Å². The zero-order valence-corrected chi connectivity index (χ0v) is 15.1. The van der Waals surface area contributed by atoms with Gasteiger partial charge in [-0.05, 0) is 30.3 Å². The van der Waals surface area contributed by atoms with E-state index in [4.69, 9.17) is 0 Å². The van der Waals surface area contributed by atoms with Crippen LogP contribution < -0.4 is 10.6 Å². The maximum atomic E-state index is 11.6. The normalized spacial score (nSPS) is 10.3. The molecule has 2 N–H and O–H groups in total. The molecule has 0 aliphatic carbocycles. The first-order valence-corrected chi connectivity index (χ1v) is 8.27. The number of rotatable bonds is 6. The Morgan fingerprint density at radius 2 is 1.48 bits per heavy atom. The number of benzene rings is 2. The van der Waals surface area contributed by atoms with Crippen molar-refractivity contribution in [2.24, 2.45) is 0 Å². The quantitative estimate of drug-likeness (QED) is 0.429. The zero-order valence-electron chi connectivity index (χ0n) is 13.5. The average molecular weight is 431 g/mol. The van der Waals surface area contributed by atoms with Crippen LogP contribution in [-0.4, -0.2) is 19.8 Å². The second-order valence-corrected chi connectivity index (χ2v) is 6.16. The Balaban J connectivity index is 1.96. The van der Waals surface area contributed by atoms with Crippen molar-refractivity contribution in [3.8, 4) is 0 Å². The van der Waals surface area contributed by atoms with E-state index in [1.165, 1.54) is 18.2 Å². The van der Waals surface area contributed by atoms with Gasteiger partial charge in [0.15, 0.2) is 0 Å². The van der Waals surface area contributed by atoms with Gasteiger partial charge < -0.3 is 10.6 Å². The Kier molecular flexibility index (Phi) is 5.22. The van der Waals surface area contributed by atoms with E-state index in [0.717, 1.165) is 10.8 Å². The Bertz CT molecular complexity index is 1010. The smallest absolute Gasteiger partial charge is 0.334 e. The predicted octanol–water partition coefficient (Wildman–Crippen LogP) is 4.54. The summed E-state index contributed by atoms with van der Waals surface area (Å²) in [7, 11) is 0. The number of nitro benzene ring substituents is 1. The summed E-state index contributed by atoms with van der Waals surface area (Å²) < 4.78 is 0.860. The molecule has 0 radical (unpaired) electrons. The number of non-ortho nitro benzene ring substituents is 1. The third-order valence-electron chi connectivity index (χ3n) is 3.43. The van der Waals surface area contributed by atoms with Crippen LogP contribution in [0.5, 0.6) is 0 Å². The van der Waals surface area contributed by atoms with E-state index in [1.54, 1.807) is 30.3 Å². The number of nitrogens with one attached hydrogen (secondary N) is 2. The van der Waals surface area contributed by atoms with Crippen molar-refractivity contribution in [2.45, 2.75) is 0 Å². The summed E-state index contributed by atoms with van der Waals surface area (Å²) in [4.78, 5) is 29.1. The molecular weight excluding hydrogens is 420 g/mol. The number of anilines is 4. The van der Waals surface area contributed by atoms with Crippen LogP contribution in [0.1, 0.15) is 0 Å². The van der Waals surface area contributed by atoms with Gasteiger partial charge in [-0.2, -0.15) is 0 Å². The van der Waals surface area contributed by atoms with Gasteiger partial charge in [0.1, 0.15) is 6.33 Å². The second kappa shape index (κ2) is 7.74. The molecule has 10 nitrogen and oxygen atoms in total. The van der Waals surface area contributed by atoms with E-state index in [0.29, 0.717) is 11.4 Å². The van der Waals surface area contributed by atoms with E-state index in [2.05, 4.69) is 36.5 Å². The van der Waals surface area contributed by atoms with E-state index >= 15 is 0 Å². The van der Waals surface area contributed by atoms with Gasteiger partial charge in [-0.3, -0.25) is 20.2 Å². The molecule has 0 saturated carbocycles. The van der Waals surface area contributed by atoms with Gasteiger partial charge in [0, 0.05) is 28.0 Å². The van der Waals surface area contributed by atoms with Gasteiger partial charge in [0.05, 0.1) is 9.85 Å². The molecule has 0 atom stereocenters. The Morgan fingerprint density at radius 1 is 0.852 bits per heavy atom. The first-order chi connectivity index (χ1) is 12.9. The van der Waals surface area contributed by atoms with Crippen LogP contribution in [0.2, 0.25) is 0 Å². The Labute approximate surface area is 160 Å². The summed E-state index contributed by atoms with van der Waals surface area (Å²) in [5.41, 5.74) is 0.360. The summed E-state index contributed by atoms with van der Waals surface area (Å²) >= 11 is 3.31. The third-order valence-corrected chi connectivity index (χ3v) is 3.96. The summed E-state index contributed by atoms with van der Waals surface area (Å²) in [6.07, 6.45) is 1.16. The summed E-state index contributed by atoms with van der Waals surface area (Å²) in [6.45, 7) is 0. The van der Waals surface area contributed by atoms with E-state index in [1.807, 2.05) is 0 Å². The van der Waals surface area contributed by atoms with Crippen molar-refractivity contribution in [3.63, 3.8) is 0 Å². The molecule has 3 rings (SSSR count). The first-order valence-electron chi connectivity index (χ1n) is 7.47. The fourth-order valence-electron chi connectivity index (χ4n) is 2.24. The molecule has 0 spiro atoms. The van der Waals surface area contributed by atoms with Gasteiger partial charge in [-0.25, -0.2) is 9.97 Å². The molecule has 0 amide bonds. The molecule has 11 heteroatoms. The minimum Gasteiger partial charge on any atom is -0.334 e. The van der Waals surface area contributed by atoms with Gasteiger partial charge in [-0.1, -0.05) is 22.0 Å². The highest BCUT2D eigenvalue weighted by atomic mass is 79.9. The standard InChI is InChI=1S/C16H11BrN6O4/c17-10-4-6-11(7-5-10)20-15-14(23(26)27)16(19-9-18-15)21-12-2-1-3-13(8-12)22(24)25/h1-9H,(H2,18,19,20,21). The highest BCUT2D eigenvalue weighted by molar-refractivity contribution is 9.10. The summed E-state index contributed by atoms with van der Waals surface area (Å²) in [5.74, 6) is -0.0969. The van der Waals surface area contributed by atoms with Crippen molar-refractivity contribution in [3.05, 3.63) is 79.6 Å². The number of nitrogens with zero attached hydrogens (tertiary/aromatic N) is 4. The number of aromatic nitrogens is 2. The predicted molar refractivity (Wildman–Crippen MR) is 102 cm³/mol. The molecule has 0 fully saturated rings. The lowest BCUT2D eigenvalue weighted by atomic mass is 10.2. The maximum absolute atomic E-state index is 11.6. The van der Waals surface area contributed by atoms with Crippen molar-refractivity contribution in [1.82, 2.24) is 9.97 Å². The van der Waals surface area contributed by atoms with Crippen molar-refractivity contribution < 1.29 is 9.85 Å².